The maximum absolute atomic E-state index is 5.86. The van der Waals surface area contributed by atoms with Crippen molar-refractivity contribution in [3.05, 3.63) is 51.2 Å². The van der Waals surface area contributed by atoms with Crippen molar-refractivity contribution >= 4 is 34.2 Å². The first kappa shape index (κ1) is 13.6. The number of hydrogen-bond donors (Lipinski definition) is 2. The van der Waals surface area contributed by atoms with Gasteiger partial charge in [-0.3, -0.25) is 0 Å². The second-order valence-corrected chi connectivity index (χ2v) is 6.74. The summed E-state index contributed by atoms with van der Waals surface area (Å²) in [6.07, 6.45) is 3.61. The second kappa shape index (κ2) is 5.54. The van der Waals surface area contributed by atoms with Gasteiger partial charge in [0.1, 0.15) is 4.99 Å². The molecular weight excluding hydrogens is 284 g/mol. The molecule has 20 heavy (non-hydrogen) atoms. The molecule has 0 aliphatic heterocycles. The molecule has 0 bridgehead atoms. The molecule has 1 aromatic heterocycles. The van der Waals surface area contributed by atoms with E-state index in [4.69, 9.17) is 18.0 Å². The van der Waals surface area contributed by atoms with Crippen LogP contribution in [0.5, 0.6) is 0 Å². The number of anilines is 1. The zero-order chi connectivity index (χ0) is 14.1. The van der Waals surface area contributed by atoms with E-state index in [1.165, 1.54) is 28.8 Å². The van der Waals surface area contributed by atoms with Crippen molar-refractivity contribution in [1.29, 1.82) is 0 Å². The van der Waals surface area contributed by atoms with Gasteiger partial charge in [0, 0.05) is 16.1 Å². The molecule has 0 radical (unpaired) electrons. The Labute approximate surface area is 129 Å². The van der Waals surface area contributed by atoms with E-state index < -0.39 is 0 Å². The number of benzene rings is 1. The highest BCUT2D eigenvalue weighted by atomic mass is 32.1. The minimum Gasteiger partial charge on any atom is -0.389 e. The number of hydrogen-bond acceptors (Lipinski definition) is 3. The van der Waals surface area contributed by atoms with Crippen molar-refractivity contribution in [2.75, 3.05) is 5.32 Å². The van der Waals surface area contributed by atoms with E-state index in [0.717, 1.165) is 17.7 Å². The van der Waals surface area contributed by atoms with Gasteiger partial charge in [0.15, 0.2) is 0 Å². The average Bonchev–Trinajstić information content (AvgIpc) is 2.90. The molecule has 2 aromatic rings. The Morgan fingerprint density at radius 2 is 2.25 bits per heavy atom. The van der Waals surface area contributed by atoms with Gasteiger partial charge in [-0.25, -0.2) is 0 Å². The van der Waals surface area contributed by atoms with Crippen LogP contribution in [0, 0.1) is 6.92 Å². The summed E-state index contributed by atoms with van der Waals surface area (Å²) in [4.78, 5) is 1.97. The van der Waals surface area contributed by atoms with Crippen LogP contribution < -0.4 is 11.1 Å². The fraction of sp³-hybridized carbons (Fsp3) is 0.312. The number of thiocarbonyl (C=S) groups is 1. The number of thiophene rings is 1. The summed E-state index contributed by atoms with van der Waals surface area (Å²) in [5.41, 5.74) is 10.5. The van der Waals surface area contributed by atoms with Crippen molar-refractivity contribution < 1.29 is 0 Å². The smallest absolute Gasteiger partial charge is 0.106 e. The highest BCUT2D eigenvalue weighted by Crippen LogP contribution is 2.36. The van der Waals surface area contributed by atoms with Gasteiger partial charge in [-0.1, -0.05) is 23.8 Å². The van der Waals surface area contributed by atoms with Crippen molar-refractivity contribution in [3.8, 4) is 0 Å². The molecule has 4 heteroatoms. The van der Waals surface area contributed by atoms with E-state index in [1.54, 1.807) is 0 Å². The third-order valence-electron chi connectivity index (χ3n) is 3.82. The van der Waals surface area contributed by atoms with Gasteiger partial charge < -0.3 is 11.1 Å². The fourth-order valence-corrected chi connectivity index (χ4v) is 3.97. The first-order valence-electron chi connectivity index (χ1n) is 6.88. The number of fused-ring (bicyclic) bond motifs is 1. The largest absolute Gasteiger partial charge is 0.389 e. The molecule has 0 amide bonds. The Balaban J connectivity index is 1.92. The molecule has 1 aliphatic carbocycles. The monoisotopic (exact) mass is 302 g/mol. The predicted molar refractivity (Wildman–Crippen MR) is 90.7 cm³/mol. The Morgan fingerprint density at radius 3 is 3.05 bits per heavy atom. The molecule has 1 aromatic carbocycles. The number of rotatable bonds is 3. The van der Waals surface area contributed by atoms with E-state index in [0.29, 0.717) is 11.0 Å². The number of aryl methyl sites for hydroxylation is 2. The summed E-state index contributed by atoms with van der Waals surface area (Å²) in [5.74, 6) is 0. The quantitative estimate of drug-likeness (QED) is 0.835. The van der Waals surface area contributed by atoms with Crippen molar-refractivity contribution in [1.82, 2.24) is 0 Å². The Morgan fingerprint density at radius 1 is 1.40 bits per heavy atom. The lowest BCUT2D eigenvalue weighted by Crippen LogP contribution is -2.19. The lowest BCUT2D eigenvalue weighted by atomic mass is 9.93. The van der Waals surface area contributed by atoms with Crippen LogP contribution in [0.2, 0.25) is 0 Å². The minimum absolute atomic E-state index is 0.376. The molecule has 1 aliphatic rings. The predicted octanol–water partition coefficient (Wildman–Crippen LogP) is 4.18. The molecular formula is C16H18N2S2. The number of nitrogens with two attached hydrogens (primary N) is 1. The molecule has 0 saturated heterocycles. The highest BCUT2D eigenvalue weighted by molar-refractivity contribution is 7.80. The minimum atomic E-state index is 0.376. The van der Waals surface area contributed by atoms with Crippen LogP contribution in [0.25, 0.3) is 0 Å². The lowest BCUT2D eigenvalue weighted by Gasteiger charge is -2.26. The summed E-state index contributed by atoms with van der Waals surface area (Å²) >= 11 is 7.04. The third-order valence-corrected chi connectivity index (χ3v) is 5.04. The molecule has 2 nitrogen and oxygen atoms in total. The maximum atomic E-state index is 5.86. The maximum Gasteiger partial charge on any atom is 0.106 e. The summed E-state index contributed by atoms with van der Waals surface area (Å²) in [6, 6.07) is 8.86. The van der Waals surface area contributed by atoms with Gasteiger partial charge in [-0.15, -0.1) is 11.3 Å². The second-order valence-electron chi connectivity index (χ2n) is 5.30. The zero-order valence-electron chi connectivity index (χ0n) is 11.5. The van der Waals surface area contributed by atoms with Gasteiger partial charge in [0.05, 0.1) is 6.04 Å². The van der Waals surface area contributed by atoms with E-state index in [-0.39, 0.29) is 0 Å². The molecule has 1 unspecified atom stereocenters. The van der Waals surface area contributed by atoms with Crippen LogP contribution >= 0.6 is 23.6 Å². The number of nitrogens with one attached hydrogen (secondary N) is 1. The Bertz CT molecular complexity index is 646. The molecule has 104 valence electrons. The van der Waals surface area contributed by atoms with Crippen LogP contribution in [-0.2, 0) is 6.42 Å². The standard InChI is InChI=1S/C16H18N2S2/c1-10-5-6-14(12(9-10)16(17)19)18-13-3-2-4-15-11(13)7-8-20-15/h5-9,13,18H,2-4H2,1H3,(H2,17,19). The van der Waals surface area contributed by atoms with E-state index in [1.807, 2.05) is 11.3 Å². The van der Waals surface area contributed by atoms with Crippen molar-refractivity contribution in [2.24, 2.45) is 5.73 Å². The van der Waals surface area contributed by atoms with Crippen LogP contribution in [0.1, 0.15) is 40.5 Å². The van der Waals surface area contributed by atoms with E-state index >= 15 is 0 Å². The SMILES string of the molecule is Cc1ccc(NC2CCCc3sccc32)c(C(N)=S)c1. The van der Waals surface area contributed by atoms with E-state index in [9.17, 15) is 0 Å². The first-order chi connectivity index (χ1) is 9.65. The Kier molecular flexibility index (Phi) is 3.76. The summed E-state index contributed by atoms with van der Waals surface area (Å²) in [5, 5.41) is 5.83. The van der Waals surface area contributed by atoms with Crippen LogP contribution in [0.3, 0.4) is 0 Å². The van der Waals surface area contributed by atoms with E-state index in [2.05, 4.69) is 41.9 Å². The summed E-state index contributed by atoms with van der Waals surface area (Å²) in [6.45, 7) is 2.06. The van der Waals surface area contributed by atoms with Gasteiger partial charge in [0.25, 0.3) is 0 Å². The molecule has 1 atom stereocenters. The molecule has 0 saturated carbocycles. The molecule has 0 spiro atoms. The van der Waals surface area contributed by atoms with Crippen molar-refractivity contribution in [3.63, 3.8) is 0 Å². The molecule has 3 rings (SSSR count). The fourth-order valence-electron chi connectivity index (χ4n) is 2.81. The lowest BCUT2D eigenvalue weighted by molar-refractivity contribution is 0.609. The van der Waals surface area contributed by atoms with Crippen LogP contribution in [0.15, 0.2) is 29.6 Å². The van der Waals surface area contributed by atoms with Crippen LogP contribution in [0.4, 0.5) is 5.69 Å². The average molecular weight is 302 g/mol. The molecule has 3 N–H and O–H groups in total. The zero-order valence-corrected chi connectivity index (χ0v) is 13.1. The Hall–Kier alpha value is -1.39. The topological polar surface area (TPSA) is 38.0 Å². The summed E-state index contributed by atoms with van der Waals surface area (Å²) < 4.78 is 0. The van der Waals surface area contributed by atoms with Gasteiger partial charge in [0.2, 0.25) is 0 Å². The van der Waals surface area contributed by atoms with Gasteiger partial charge in [-0.05, 0) is 55.3 Å². The third kappa shape index (κ3) is 2.58. The molecule has 0 fully saturated rings. The van der Waals surface area contributed by atoms with Gasteiger partial charge in [-0.2, -0.15) is 0 Å². The molecule has 1 heterocycles. The first-order valence-corrected chi connectivity index (χ1v) is 8.17. The highest BCUT2D eigenvalue weighted by Gasteiger charge is 2.21. The van der Waals surface area contributed by atoms with Crippen LogP contribution in [-0.4, -0.2) is 4.99 Å². The summed E-state index contributed by atoms with van der Waals surface area (Å²) in [7, 11) is 0. The normalized spacial score (nSPS) is 17.6. The van der Waals surface area contributed by atoms with Gasteiger partial charge >= 0.3 is 0 Å². The van der Waals surface area contributed by atoms with Crippen molar-refractivity contribution in [2.45, 2.75) is 32.2 Å².